The number of nitrogens with two attached hydrogens (primary N) is 1. The normalized spacial score (nSPS) is 15.0. The quantitative estimate of drug-likeness (QED) is 0.726. The highest BCUT2D eigenvalue weighted by atomic mass is 35.5. The second-order valence-electron chi connectivity index (χ2n) is 5.85. The summed E-state index contributed by atoms with van der Waals surface area (Å²) in [5.41, 5.74) is 6.49. The van der Waals surface area contributed by atoms with E-state index in [1.54, 1.807) is 0 Å². The predicted octanol–water partition coefficient (Wildman–Crippen LogP) is 2.41. The van der Waals surface area contributed by atoms with Crippen molar-refractivity contribution in [3.8, 4) is 5.75 Å². The summed E-state index contributed by atoms with van der Waals surface area (Å²) in [5.74, 6) is 1.04. The van der Waals surface area contributed by atoms with Gasteiger partial charge in [-0.2, -0.15) is 0 Å². The molecule has 136 valence electrons. The van der Waals surface area contributed by atoms with Crippen LogP contribution in [-0.4, -0.2) is 49.8 Å². The van der Waals surface area contributed by atoms with Crippen LogP contribution in [0.1, 0.15) is 31.7 Å². The monoisotopic (exact) mass is 356 g/mol. The Morgan fingerprint density at radius 3 is 2.50 bits per heavy atom. The van der Waals surface area contributed by atoms with E-state index in [1.807, 2.05) is 36.1 Å². The van der Waals surface area contributed by atoms with Crippen LogP contribution in [0.4, 0.5) is 0 Å². The standard InChI is InChI=1S/C18H28N2O3.ClH/c1-2-22-16-6-4-15(5-7-16)14-18(21)20-11-8-17(9-12-20)23-13-3-10-19;/h4-7,17H,2-3,8-14,19H2,1H3;1H. The molecule has 0 spiro atoms. The molecule has 2 rings (SSSR count). The fourth-order valence-electron chi connectivity index (χ4n) is 2.76. The van der Waals surface area contributed by atoms with Gasteiger partial charge in [0.2, 0.25) is 5.91 Å². The number of hydrogen-bond acceptors (Lipinski definition) is 4. The number of hydrogen-bond donors (Lipinski definition) is 1. The van der Waals surface area contributed by atoms with Crippen molar-refractivity contribution in [1.82, 2.24) is 4.90 Å². The molecular formula is C18H29ClN2O3. The molecule has 1 aromatic rings. The summed E-state index contributed by atoms with van der Waals surface area (Å²) in [6.07, 6.45) is 3.46. The molecule has 0 aromatic heterocycles. The topological polar surface area (TPSA) is 64.8 Å². The highest BCUT2D eigenvalue weighted by molar-refractivity contribution is 5.85. The second kappa shape index (κ2) is 11.3. The lowest BCUT2D eigenvalue weighted by Crippen LogP contribution is -2.41. The van der Waals surface area contributed by atoms with Crippen molar-refractivity contribution in [2.24, 2.45) is 5.73 Å². The van der Waals surface area contributed by atoms with E-state index < -0.39 is 0 Å². The molecule has 1 aliphatic rings. The first-order valence-electron chi connectivity index (χ1n) is 8.54. The summed E-state index contributed by atoms with van der Waals surface area (Å²) < 4.78 is 11.2. The van der Waals surface area contributed by atoms with Crippen LogP contribution in [0.2, 0.25) is 0 Å². The summed E-state index contributed by atoms with van der Waals surface area (Å²) >= 11 is 0. The minimum atomic E-state index is 0. The molecule has 5 nitrogen and oxygen atoms in total. The van der Waals surface area contributed by atoms with Crippen molar-refractivity contribution < 1.29 is 14.3 Å². The number of benzene rings is 1. The molecule has 1 aliphatic heterocycles. The van der Waals surface area contributed by atoms with Crippen LogP contribution in [0.5, 0.6) is 5.75 Å². The zero-order valence-corrected chi connectivity index (χ0v) is 15.2. The Balaban J connectivity index is 0.00000288. The average molecular weight is 357 g/mol. The fraction of sp³-hybridized carbons (Fsp3) is 0.611. The van der Waals surface area contributed by atoms with E-state index in [1.165, 1.54) is 0 Å². The number of carbonyl (C=O) groups is 1. The Morgan fingerprint density at radius 1 is 1.25 bits per heavy atom. The van der Waals surface area contributed by atoms with Gasteiger partial charge in [-0.15, -0.1) is 12.4 Å². The maximum absolute atomic E-state index is 12.4. The summed E-state index contributed by atoms with van der Waals surface area (Å²) in [4.78, 5) is 14.3. The zero-order chi connectivity index (χ0) is 16.5. The first-order valence-corrected chi connectivity index (χ1v) is 8.54. The van der Waals surface area contributed by atoms with Crippen molar-refractivity contribution in [2.45, 2.75) is 38.7 Å². The number of nitrogens with zero attached hydrogens (tertiary/aromatic N) is 1. The lowest BCUT2D eigenvalue weighted by molar-refractivity contribution is -0.133. The predicted molar refractivity (Wildman–Crippen MR) is 97.8 cm³/mol. The molecule has 1 saturated heterocycles. The molecule has 0 atom stereocenters. The number of rotatable bonds is 8. The first-order chi connectivity index (χ1) is 11.2. The lowest BCUT2D eigenvalue weighted by atomic mass is 10.1. The Bertz CT molecular complexity index is 474. The molecule has 1 heterocycles. The van der Waals surface area contributed by atoms with E-state index in [0.717, 1.165) is 50.3 Å². The lowest BCUT2D eigenvalue weighted by Gasteiger charge is -2.32. The first kappa shape index (κ1) is 20.7. The average Bonchev–Trinajstić information content (AvgIpc) is 2.58. The number of ether oxygens (including phenoxy) is 2. The maximum Gasteiger partial charge on any atom is 0.226 e. The number of carbonyl (C=O) groups excluding carboxylic acids is 1. The van der Waals surface area contributed by atoms with Gasteiger partial charge in [-0.1, -0.05) is 12.1 Å². The van der Waals surface area contributed by atoms with E-state index in [9.17, 15) is 4.79 Å². The Kier molecular flexibility index (Phi) is 9.76. The molecule has 1 aromatic carbocycles. The highest BCUT2D eigenvalue weighted by Crippen LogP contribution is 2.17. The van der Waals surface area contributed by atoms with E-state index in [-0.39, 0.29) is 24.4 Å². The largest absolute Gasteiger partial charge is 0.494 e. The maximum atomic E-state index is 12.4. The molecule has 1 fully saturated rings. The van der Waals surface area contributed by atoms with Crippen LogP contribution >= 0.6 is 12.4 Å². The number of amides is 1. The third-order valence-electron chi connectivity index (χ3n) is 4.09. The van der Waals surface area contributed by atoms with Crippen LogP contribution in [-0.2, 0) is 16.0 Å². The van der Waals surface area contributed by atoms with Crippen LogP contribution in [0.15, 0.2) is 24.3 Å². The summed E-state index contributed by atoms with van der Waals surface area (Å²) in [6, 6.07) is 7.77. The van der Waals surface area contributed by atoms with Gasteiger partial charge in [0.05, 0.1) is 19.1 Å². The second-order valence-corrected chi connectivity index (χ2v) is 5.85. The molecule has 6 heteroatoms. The minimum absolute atomic E-state index is 0. The van der Waals surface area contributed by atoms with Crippen molar-refractivity contribution in [2.75, 3.05) is 32.8 Å². The molecular weight excluding hydrogens is 328 g/mol. The third-order valence-corrected chi connectivity index (χ3v) is 4.09. The van der Waals surface area contributed by atoms with Crippen molar-refractivity contribution >= 4 is 18.3 Å². The molecule has 0 radical (unpaired) electrons. The highest BCUT2D eigenvalue weighted by Gasteiger charge is 2.23. The van der Waals surface area contributed by atoms with Crippen molar-refractivity contribution in [3.05, 3.63) is 29.8 Å². The van der Waals surface area contributed by atoms with Gasteiger partial charge in [0.15, 0.2) is 0 Å². The molecule has 0 bridgehead atoms. The molecule has 2 N–H and O–H groups in total. The Hall–Kier alpha value is -1.30. The van der Waals surface area contributed by atoms with Gasteiger partial charge in [0.25, 0.3) is 0 Å². The Labute approximate surface area is 150 Å². The molecule has 0 aliphatic carbocycles. The smallest absolute Gasteiger partial charge is 0.226 e. The number of piperidine rings is 1. The molecule has 0 saturated carbocycles. The SMILES string of the molecule is CCOc1ccc(CC(=O)N2CCC(OCCCN)CC2)cc1.Cl. The van der Waals surface area contributed by atoms with Gasteiger partial charge in [-0.25, -0.2) is 0 Å². The van der Waals surface area contributed by atoms with Crippen molar-refractivity contribution in [3.63, 3.8) is 0 Å². The van der Waals surface area contributed by atoms with Gasteiger partial charge in [0, 0.05) is 19.7 Å². The number of halogens is 1. The zero-order valence-electron chi connectivity index (χ0n) is 14.4. The third kappa shape index (κ3) is 6.67. The van der Waals surface area contributed by atoms with E-state index in [4.69, 9.17) is 15.2 Å². The molecule has 1 amide bonds. The molecule has 0 unspecified atom stereocenters. The summed E-state index contributed by atoms with van der Waals surface area (Å²) in [6.45, 7) is 5.56. The van der Waals surface area contributed by atoms with Gasteiger partial charge in [0.1, 0.15) is 5.75 Å². The van der Waals surface area contributed by atoms with Crippen LogP contribution in [0.3, 0.4) is 0 Å². The summed E-state index contributed by atoms with van der Waals surface area (Å²) in [5, 5.41) is 0. The van der Waals surface area contributed by atoms with E-state index in [2.05, 4.69) is 0 Å². The minimum Gasteiger partial charge on any atom is -0.494 e. The van der Waals surface area contributed by atoms with E-state index in [0.29, 0.717) is 19.6 Å². The molecule has 24 heavy (non-hydrogen) atoms. The van der Waals surface area contributed by atoms with Crippen LogP contribution < -0.4 is 10.5 Å². The van der Waals surface area contributed by atoms with Crippen molar-refractivity contribution in [1.29, 1.82) is 0 Å². The van der Waals surface area contributed by atoms with E-state index >= 15 is 0 Å². The number of likely N-dealkylation sites (tertiary alicyclic amines) is 1. The van der Waals surface area contributed by atoms with Gasteiger partial charge < -0.3 is 20.1 Å². The van der Waals surface area contributed by atoms with Crippen LogP contribution in [0.25, 0.3) is 0 Å². The van der Waals surface area contributed by atoms with Crippen LogP contribution in [0, 0.1) is 0 Å². The Morgan fingerprint density at radius 2 is 1.92 bits per heavy atom. The fourth-order valence-corrected chi connectivity index (χ4v) is 2.76. The van der Waals surface area contributed by atoms with Gasteiger partial charge >= 0.3 is 0 Å². The van der Waals surface area contributed by atoms with Gasteiger partial charge in [-0.3, -0.25) is 4.79 Å². The van der Waals surface area contributed by atoms with Gasteiger partial charge in [-0.05, 0) is 50.4 Å². The summed E-state index contributed by atoms with van der Waals surface area (Å²) in [7, 11) is 0.